The van der Waals surface area contributed by atoms with Gasteiger partial charge in [0, 0.05) is 12.2 Å². The fourth-order valence-corrected chi connectivity index (χ4v) is 4.42. The van der Waals surface area contributed by atoms with Crippen LogP contribution in [0.15, 0.2) is 47.4 Å². The number of carbonyl (C=O) groups excluding carboxylic acids is 1. The monoisotopic (exact) mass is 400 g/mol. The molecule has 2 aromatic carbocycles. The van der Waals surface area contributed by atoms with E-state index in [1.165, 1.54) is 0 Å². The van der Waals surface area contributed by atoms with Crippen LogP contribution in [0.4, 0.5) is 5.69 Å². The molecule has 0 radical (unpaired) electrons. The Balaban J connectivity index is 1.72. The Morgan fingerprint density at radius 2 is 1.71 bits per heavy atom. The van der Waals surface area contributed by atoms with Crippen LogP contribution in [0.3, 0.4) is 0 Å². The van der Waals surface area contributed by atoms with Crippen LogP contribution < -0.4 is 10.0 Å². The summed E-state index contributed by atoms with van der Waals surface area (Å²) in [5, 5.41) is 3.02. The van der Waals surface area contributed by atoms with Crippen molar-refractivity contribution < 1.29 is 13.2 Å². The molecule has 1 amide bonds. The standard InChI is InChI=1S/C22H28N2O3S/c1-4-5-14-23-21(25)22(12-13-22)18-7-9-19(10-8-18)24-28(26,27)20-11-6-16(2)17(3)15-20/h6-11,15,24H,4-5,12-14H2,1-3H3,(H,23,25). The molecule has 1 fully saturated rings. The second-order valence-electron chi connectivity index (χ2n) is 7.62. The van der Waals surface area contributed by atoms with Crippen LogP contribution in [-0.4, -0.2) is 20.9 Å². The predicted molar refractivity (Wildman–Crippen MR) is 112 cm³/mol. The fourth-order valence-electron chi connectivity index (χ4n) is 3.27. The molecule has 0 bridgehead atoms. The second kappa shape index (κ2) is 7.95. The lowest BCUT2D eigenvalue weighted by molar-refractivity contribution is -0.123. The van der Waals surface area contributed by atoms with E-state index >= 15 is 0 Å². The van der Waals surface area contributed by atoms with Gasteiger partial charge < -0.3 is 5.32 Å². The van der Waals surface area contributed by atoms with Crippen LogP contribution in [-0.2, 0) is 20.2 Å². The Hall–Kier alpha value is -2.34. The SMILES string of the molecule is CCCCNC(=O)C1(c2ccc(NS(=O)(=O)c3ccc(C)c(C)c3)cc2)CC1. The molecule has 3 rings (SSSR count). The van der Waals surface area contributed by atoms with E-state index in [4.69, 9.17) is 0 Å². The first-order valence-electron chi connectivity index (χ1n) is 9.77. The molecule has 0 spiro atoms. The highest BCUT2D eigenvalue weighted by atomic mass is 32.2. The summed E-state index contributed by atoms with van der Waals surface area (Å²) in [5.41, 5.74) is 2.97. The summed E-state index contributed by atoms with van der Waals surface area (Å²) in [5.74, 6) is 0.0735. The second-order valence-corrected chi connectivity index (χ2v) is 9.30. The molecule has 2 aromatic rings. The molecule has 0 atom stereocenters. The van der Waals surface area contributed by atoms with E-state index < -0.39 is 15.4 Å². The molecule has 2 N–H and O–H groups in total. The number of unbranched alkanes of at least 4 members (excludes halogenated alkanes) is 1. The lowest BCUT2D eigenvalue weighted by atomic mass is 9.94. The third-order valence-corrected chi connectivity index (χ3v) is 6.86. The minimum Gasteiger partial charge on any atom is -0.355 e. The summed E-state index contributed by atoms with van der Waals surface area (Å²) in [6.07, 6.45) is 3.68. The van der Waals surface area contributed by atoms with Crippen LogP contribution in [0.25, 0.3) is 0 Å². The number of sulfonamides is 1. The van der Waals surface area contributed by atoms with E-state index in [2.05, 4.69) is 17.0 Å². The van der Waals surface area contributed by atoms with Crippen molar-refractivity contribution >= 4 is 21.6 Å². The van der Waals surface area contributed by atoms with Crippen molar-refractivity contribution in [3.63, 3.8) is 0 Å². The Morgan fingerprint density at radius 1 is 1.04 bits per heavy atom. The van der Waals surface area contributed by atoms with Gasteiger partial charge in [-0.15, -0.1) is 0 Å². The first-order chi connectivity index (χ1) is 13.3. The fraction of sp³-hybridized carbons (Fsp3) is 0.409. The summed E-state index contributed by atoms with van der Waals surface area (Å²) in [6, 6.07) is 12.3. The van der Waals surface area contributed by atoms with Crippen molar-refractivity contribution in [3.8, 4) is 0 Å². The van der Waals surface area contributed by atoms with Gasteiger partial charge in [-0.2, -0.15) is 0 Å². The maximum atomic E-state index is 12.6. The number of amides is 1. The van der Waals surface area contributed by atoms with Crippen LogP contribution in [0.1, 0.15) is 49.3 Å². The van der Waals surface area contributed by atoms with Gasteiger partial charge in [0.05, 0.1) is 10.3 Å². The van der Waals surface area contributed by atoms with Gasteiger partial charge in [-0.05, 0) is 74.1 Å². The molecule has 150 valence electrons. The maximum Gasteiger partial charge on any atom is 0.261 e. The molecule has 1 aliphatic carbocycles. The topological polar surface area (TPSA) is 75.3 Å². The summed E-state index contributed by atoms with van der Waals surface area (Å²) < 4.78 is 27.9. The zero-order chi connectivity index (χ0) is 20.4. The van der Waals surface area contributed by atoms with Crippen LogP contribution in [0.2, 0.25) is 0 Å². The van der Waals surface area contributed by atoms with E-state index in [1.807, 2.05) is 26.0 Å². The minimum absolute atomic E-state index is 0.0735. The van der Waals surface area contributed by atoms with Crippen molar-refractivity contribution in [2.45, 2.75) is 56.8 Å². The van der Waals surface area contributed by atoms with Crippen LogP contribution in [0.5, 0.6) is 0 Å². The van der Waals surface area contributed by atoms with Crippen molar-refractivity contribution in [2.75, 3.05) is 11.3 Å². The van der Waals surface area contributed by atoms with E-state index in [1.54, 1.807) is 30.3 Å². The molecule has 0 unspecified atom stereocenters. The number of carbonyl (C=O) groups is 1. The summed E-state index contributed by atoms with van der Waals surface area (Å²) in [7, 11) is -3.65. The molecule has 6 heteroatoms. The predicted octanol–water partition coefficient (Wildman–Crippen LogP) is 4.05. The molecule has 5 nitrogen and oxygen atoms in total. The largest absolute Gasteiger partial charge is 0.355 e. The average molecular weight is 401 g/mol. The molecule has 0 aliphatic heterocycles. The van der Waals surface area contributed by atoms with Gasteiger partial charge in [0.2, 0.25) is 5.91 Å². The van der Waals surface area contributed by atoms with Gasteiger partial charge in [-0.1, -0.05) is 31.5 Å². The van der Waals surface area contributed by atoms with Gasteiger partial charge in [-0.25, -0.2) is 8.42 Å². The van der Waals surface area contributed by atoms with Crippen LogP contribution in [0, 0.1) is 13.8 Å². The highest BCUT2D eigenvalue weighted by molar-refractivity contribution is 7.92. The maximum absolute atomic E-state index is 12.6. The lowest BCUT2D eigenvalue weighted by Crippen LogP contribution is -2.35. The summed E-state index contributed by atoms with van der Waals surface area (Å²) in [4.78, 5) is 12.8. The van der Waals surface area contributed by atoms with Gasteiger partial charge >= 0.3 is 0 Å². The number of benzene rings is 2. The number of aryl methyl sites for hydroxylation is 2. The van der Waals surface area contributed by atoms with Crippen molar-refractivity contribution in [1.29, 1.82) is 0 Å². The first-order valence-corrected chi connectivity index (χ1v) is 11.3. The molecular weight excluding hydrogens is 372 g/mol. The van der Waals surface area contributed by atoms with Crippen molar-refractivity contribution in [2.24, 2.45) is 0 Å². The molecule has 0 saturated heterocycles. The number of hydrogen-bond acceptors (Lipinski definition) is 3. The van der Waals surface area contributed by atoms with Crippen molar-refractivity contribution in [1.82, 2.24) is 5.32 Å². The zero-order valence-corrected chi connectivity index (χ0v) is 17.5. The highest BCUT2D eigenvalue weighted by Gasteiger charge is 2.50. The smallest absolute Gasteiger partial charge is 0.261 e. The van der Waals surface area contributed by atoms with Gasteiger partial charge in [-0.3, -0.25) is 9.52 Å². The van der Waals surface area contributed by atoms with E-state index in [9.17, 15) is 13.2 Å². The Labute approximate surface area is 167 Å². The van der Waals surface area contributed by atoms with Gasteiger partial charge in [0.1, 0.15) is 0 Å². The quantitative estimate of drug-likeness (QED) is 0.657. The Kier molecular flexibility index (Phi) is 5.79. The zero-order valence-electron chi connectivity index (χ0n) is 16.7. The molecule has 0 aromatic heterocycles. The van der Waals surface area contributed by atoms with E-state index in [-0.39, 0.29) is 10.8 Å². The third-order valence-electron chi connectivity index (χ3n) is 5.48. The Morgan fingerprint density at radius 3 is 2.29 bits per heavy atom. The molecule has 28 heavy (non-hydrogen) atoms. The number of rotatable bonds is 8. The van der Waals surface area contributed by atoms with Crippen molar-refractivity contribution in [3.05, 3.63) is 59.2 Å². The normalized spacial score (nSPS) is 15.1. The van der Waals surface area contributed by atoms with Crippen LogP contribution >= 0.6 is 0 Å². The average Bonchev–Trinajstić information content (AvgIpc) is 3.46. The van der Waals surface area contributed by atoms with E-state index in [0.29, 0.717) is 12.2 Å². The minimum atomic E-state index is -3.65. The summed E-state index contributed by atoms with van der Waals surface area (Å²) in [6.45, 7) is 6.63. The summed E-state index contributed by atoms with van der Waals surface area (Å²) >= 11 is 0. The molecule has 1 saturated carbocycles. The highest BCUT2D eigenvalue weighted by Crippen LogP contribution is 2.48. The first kappa shape index (κ1) is 20.4. The van der Waals surface area contributed by atoms with Gasteiger partial charge in [0.15, 0.2) is 0 Å². The third kappa shape index (κ3) is 4.22. The van der Waals surface area contributed by atoms with Gasteiger partial charge in [0.25, 0.3) is 10.0 Å². The molecule has 0 heterocycles. The number of nitrogens with one attached hydrogen (secondary N) is 2. The number of anilines is 1. The Bertz CT molecular complexity index is 962. The molecular formula is C22H28N2O3S. The van der Waals surface area contributed by atoms with E-state index in [0.717, 1.165) is 42.4 Å². The lowest BCUT2D eigenvalue weighted by Gasteiger charge is -2.16. The molecule has 1 aliphatic rings. The number of hydrogen-bond donors (Lipinski definition) is 2.